The van der Waals surface area contributed by atoms with Gasteiger partial charge in [-0.3, -0.25) is 4.79 Å². The lowest BCUT2D eigenvalue weighted by atomic mass is 10.1. The zero-order chi connectivity index (χ0) is 12.0. The van der Waals surface area contributed by atoms with Crippen molar-refractivity contribution >= 4 is 27.9 Å². The minimum atomic E-state index is -0.425. The fourth-order valence-electron chi connectivity index (χ4n) is 1.46. The molecule has 3 amide bonds. The highest BCUT2D eigenvalue weighted by atomic mass is 79.9. The summed E-state index contributed by atoms with van der Waals surface area (Å²) in [7, 11) is 0. The van der Waals surface area contributed by atoms with E-state index in [0.29, 0.717) is 24.0 Å². The Morgan fingerprint density at radius 1 is 1.56 bits per heavy atom. The Bertz CT molecular complexity index is 294. The van der Waals surface area contributed by atoms with Crippen LogP contribution in [0.1, 0.15) is 19.3 Å². The van der Waals surface area contributed by atoms with Crippen LogP contribution in [0.5, 0.6) is 0 Å². The van der Waals surface area contributed by atoms with E-state index in [1.807, 2.05) is 0 Å². The number of urea groups is 1. The number of carbonyl (C=O) groups is 2. The van der Waals surface area contributed by atoms with Gasteiger partial charge in [0.2, 0.25) is 5.91 Å². The predicted molar refractivity (Wildman–Crippen MR) is 65.3 cm³/mol. The smallest absolute Gasteiger partial charge is 0.315 e. The minimum Gasteiger partial charge on any atom is -0.354 e. The molecule has 1 fully saturated rings. The Morgan fingerprint density at radius 2 is 2.31 bits per heavy atom. The lowest BCUT2D eigenvalue weighted by Crippen LogP contribution is -2.49. The number of halogens is 1. The first-order valence-electron chi connectivity index (χ1n) is 5.25. The van der Waals surface area contributed by atoms with Crippen LogP contribution in [0.15, 0.2) is 11.1 Å². The minimum absolute atomic E-state index is 0.106. The molecule has 3 N–H and O–H groups in total. The molecular formula is C10H16BrN3O2. The Kier molecular flexibility index (Phi) is 5.31. The fourth-order valence-corrected chi connectivity index (χ4v) is 1.60. The Labute approximate surface area is 103 Å². The third-order valence-corrected chi connectivity index (χ3v) is 2.56. The quantitative estimate of drug-likeness (QED) is 0.721. The zero-order valence-corrected chi connectivity index (χ0v) is 10.6. The van der Waals surface area contributed by atoms with Gasteiger partial charge in [-0.25, -0.2) is 4.79 Å². The van der Waals surface area contributed by atoms with Gasteiger partial charge < -0.3 is 16.0 Å². The maximum absolute atomic E-state index is 11.5. The van der Waals surface area contributed by atoms with Gasteiger partial charge in [-0.15, -0.1) is 0 Å². The molecule has 0 aromatic heterocycles. The molecule has 1 heterocycles. The summed E-state index contributed by atoms with van der Waals surface area (Å²) in [6.45, 7) is 4.64. The van der Waals surface area contributed by atoms with Crippen LogP contribution in [0.25, 0.3) is 0 Å². The van der Waals surface area contributed by atoms with Crippen LogP contribution in [-0.4, -0.2) is 31.1 Å². The average molecular weight is 290 g/mol. The van der Waals surface area contributed by atoms with E-state index in [2.05, 4.69) is 38.5 Å². The van der Waals surface area contributed by atoms with Crippen LogP contribution in [-0.2, 0) is 4.79 Å². The third-order valence-electron chi connectivity index (χ3n) is 2.28. The third kappa shape index (κ3) is 4.65. The number of nitrogens with one attached hydrogen (secondary N) is 3. The van der Waals surface area contributed by atoms with Crippen molar-refractivity contribution in [1.29, 1.82) is 0 Å². The average Bonchev–Trinajstić information content (AvgIpc) is 2.42. The van der Waals surface area contributed by atoms with E-state index < -0.39 is 6.04 Å². The second-order valence-corrected chi connectivity index (χ2v) is 4.81. The fraction of sp³-hybridized carbons (Fsp3) is 0.600. The van der Waals surface area contributed by atoms with Gasteiger partial charge in [0, 0.05) is 11.0 Å². The van der Waals surface area contributed by atoms with Gasteiger partial charge in [-0.2, -0.15) is 0 Å². The van der Waals surface area contributed by atoms with E-state index in [1.165, 1.54) is 0 Å². The zero-order valence-electron chi connectivity index (χ0n) is 9.01. The van der Waals surface area contributed by atoms with Crippen LogP contribution >= 0.6 is 15.9 Å². The molecule has 1 aliphatic heterocycles. The molecule has 0 radical (unpaired) electrons. The van der Waals surface area contributed by atoms with Crippen molar-refractivity contribution in [3.63, 3.8) is 0 Å². The van der Waals surface area contributed by atoms with E-state index in [1.54, 1.807) is 0 Å². The molecule has 0 aliphatic carbocycles. The van der Waals surface area contributed by atoms with Gasteiger partial charge in [-0.05, 0) is 19.3 Å². The monoisotopic (exact) mass is 289 g/mol. The highest BCUT2D eigenvalue weighted by molar-refractivity contribution is 9.11. The number of rotatable bonds is 3. The summed E-state index contributed by atoms with van der Waals surface area (Å²) in [6.07, 6.45) is 2.59. The van der Waals surface area contributed by atoms with Gasteiger partial charge in [-0.1, -0.05) is 22.5 Å². The molecule has 1 saturated heterocycles. The van der Waals surface area contributed by atoms with E-state index in [9.17, 15) is 9.59 Å². The molecular weight excluding hydrogens is 274 g/mol. The summed E-state index contributed by atoms with van der Waals surface area (Å²) in [6, 6.07) is -0.770. The number of amides is 3. The summed E-state index contributed by atoms with van der Waals surface area (Å²) in [5.74, 6) is -0.106. The molecule has 0 spiro atoms. The Hall–Kier alpha value is -1.04. The number of hydrogen-bond donors (Lipinski definition) is 3. The van der Waals surface area contributed by atoms with Crippen molar-refractivity contribution in [2.75, 3.05) is 13.1 Å². The molecule has 16 heavy (non-hydrogen) atoms. The molecule has 0 aromatic carbocycles. The van der Waals surface area contributed by atoms with Crippen molar-refractivity contribution in [2.45, 2.75) is 25.3 Å². The van der Waals surface area contributed by atoms with Crippen molar-refractivity contribution in [3.8, 4) is 0 Å². The topological polar surface area (TPSA) is 70.2 Å². The molecule has 90 valence electrons. The molecule has 0 saturated carbocycles. The van der Waals surface area contributed by atoms with Gasteiger partial charge in [0.25, 0.3) is 0 Å². The summed E-state index contributed by atoms with van der Waals surface area (Å²) >= 11 is 3.14. The summed E-state index contributed by atoms with van der Waals surface area (Å²) in [5, 5.41) is 7.99. The Balaban J connectivity index is 2.36. The highest BCUT2D eigenvalue weighted by Crippen LogP contribution is 2.05. The Morgan fingerprint density at radius 3 is 3.00 bits per heavy atom. The van der Waals surface area contributed by atoms with Crippen molar-refractivity contribution in [1.82, 2.24) is 16.0 Å². The summed E-state index contributed by atoms with van der Waals surface area (Å²) < 4.78 is 0.688. The molecule has 6 heteroatoms. The van der Waals surface area contributed by atoms with Crippen LogP contribution in [0.2, 0.25) is 0 Å². The highest BCUT2D eigenvalue weighted by Gasteiger charge is 2.21. The first-order chi connectivity index (χ1) is 7.59. The number of carbonyl (C=O) groups excluding carboxylic acids is 2. The summed E-state index contributed by atoms with van der Waals surface area (Å²) in [5.41, 5.74) is 0. The van der Waals surface area contributed by atoms with E-state index in [0.717, 1.165) is 12.8 Å². The van der Waals surface area contributed by atoms with E-state index in [-0.39, 0.29) is 11.9 Å². The predicted octanol–water partition coefficient (Wildman–Crippen LogP) is 0.863. The molecule has 1 unspecified atom stereocenters. The lowest BCUT2D eigenvalue weighted by molar-refractivity contribution is -0.122. The standard InChI is InChI=1S/C10H16BrN3O2/c1-7(11)6-13-10(16)14-8-4-2-3-5-12-9(8)15/h8H,1-6H2,(H,12,15)(H2,13,14,16). The van der Waals surface area contributed by atoms with Gasteiger partial charge >= 0.3 is 6.03 Å². The van der Waals surface area contributed by atoms with Crippen molar-refractivity contribution < 1.29 is 9.59 Å². The molecule has 1 atom stereocenters. The van der Waals surface area contributed by atoms with E-state index >= 15 is 0 Å². The van der Waals surface area contributed by atoms with Crippen LogP contribution < -0.4 is 16.0 Å². The molecule has 0 aromatic rings. The molecule has 1 aliphatic rings. The molecule has 1 rings (SSSR count). The van der Waals surface area contributed by atoms with Gasteiger partial charge in [0.05, 0.1) is 6.54 Å². The van der Waals surface area contributed by atoms with Gasteiger partial charge in [0.15, 0.2) is 0 Å². The normalized spacial score (nSPS) is 20.6. The maximum Gasteiger partial charge on any atom is 0.315 e. The first-order valence-corrected chi connectivity index (χ1v) is 6.04. The van der Waals surface area contributed by atoms with E-state index in [4.69, 9.17) is 0 Å². The largest absolute Gasteiger partial charge is 0.354 e. The van der Waals surface area contributed by atoms with Crippen LogP contribution in [0.3, 0.4) is 0 Å². The SMILES string of the molecule is C=C(Br)CNC(=O)NC1CCCCNC1=O. The second-order valence-electron chi connectivity index (χ2n) is 3.68. The first kappa shape index (κ1) is 13.0. The molecule has 0 bridgehead atoms. The summed E-state index contributed by atoms with van der Waals surface area (Å²) in [4.78, 5) is 22.9. The van der Waals surface area contributed by atoms with Crippen LogP contribution in [0.4, 0.5) is 4.79 Å². The van der Waals surface area contributed by atoms with Crippen LogP contribution in [0, 0.1) is 0 Å². The lowest BCUT2D eigenvalue weighted by Gasteiger charge is -2.15. The molecule has 5 nitrogen and oxygen atoms in total. The van der Waals surface area contributed by atoms with Crippen molar-refractivity contribution in [2.24, 2.45) is 0 Å². The second kappa shape index (κ2) is 6.52. The van der Waals surface area contributed by atoms with Gasteiger partial charge in [0.1, 0.15) is 6.04 Å². The maximum atomic E-state index is 11.5. The van der Waals surface area contributed by atoms with Crippen molar-refractivity contribution in [3.05, 3.63) is 11.1 Å². The number of hydrogen-bond acceptors (Lipinski definition) is 2.